The van der Waals surface area contributed by atoms with Crippen LogP contribution in [0.15, 0.2) is 84.9 Å². The molecule has 0 bridgehead atoms. The highest BCUT2D eigenvalue weighted by molar-refractivity contribution is 6.09. The summed E-state index contributed by atoms with van der Waals surface area (Å²) < 4.78 is 2.03. The zero-order valence-electron chi connectivity index (χ0n) is 15.5. The van der Waals surface area contributed by atoms with Crippen molar-refractivity contribution in [3.05, 3.63) is 106 Å². The average Bonchev–Trinajstić information content (AvgIpc) is 3.28. The first-order valence-corrected chi connectivity index (χ1v) is 9.60. The maximum absolute atomic E-state index is 12.1. The summed E-state index contributed by atoms with van der Waals surface area (Å²) >= 11 is 0. The van der Waals surface area contributed by atoms with E-state index in [4.69, 9.17) is 0 Å². The zero-order chi connectivity index (χ0) is 19.5. The van der Waals surface area contributed by atoms with Crippen LogP contribution in [0.2, 0.25) is 0 Å². The molecule has 0 amide bonds. The van der Waals surface area contributed by atoms with Crippen LogP contribution in [0.25, 0.3) is 38.6 Å². The lowest BCUT2D eigenvalue weighted by Crippen LogP contribution is -2.01. The predicted octanol–water partition coefficient (Wildman–Crippen LogP) is 6.26. The number of fused-ring (bicyclic) bond motifs is 6. The van der Waals surface area contributed by atoms with E-state index in [2.05, 4.69) is 18.2 Å². The monoisotopic (exact) mass is 376 g/mol. The molecule has 138 valence electrons. The Hall–Kier alpha value is -3.92. The number of hydrogen-bond donors (Lipinski definition) is 0. The quantitative estimate of drug-likeness (QED) is 0.264. The number of aromatic nitrogens is 1. The van der Waals surface area contributed by atoms with Gasteiger partial charge >= 0.3 is 0 Å². The molecule has 0 radical (unpaired) electrons. The molecule has 0 aliphatic heterocycles. The van der Waals surface area contributed by atoms with Crippen LogP contribution >= 0.6 is 0 Å². The standard InChI is InChI=1S/C25H16N2O2/c28-27(29)25-15-21-17(13-16-7-1-2-8-18(16)21)14-24(25)26-22-11-5-3-9-19(22)20-10-4-6-12-23(20)26/h1-12,14-15H,13H2. The van der Waals surface area contributed by atoms with Gasteiger partial charge in [0.15, 0.2) is 0 Å². The van der Waals surface area contributed by atoms with Crippen LogP contribution in [0.5, 0.6) is 0 Å². The molecule has 0 spiro atoms. The lowest BCUT2D eigenvalue weighted by Gasteiger charge is -2.11. The molecule has 0 unspecified atom stereocenters. The van der Waals surface area contributed by atoms with Crippen molar-refractivity contribution in [3.8, 4) is 16.8 Å². The van der Waals surface area contributed by atoms with Gasteiger partial charge < -0.3 is 4.57 Å². The van der Waals surface area contributed by atoms with E-state index in [1.807, 2.05) is 65.2 Å². The topological polar surface area (TPSA) is 48.1 Å². The summed E-state index contributed by atoms with van der Waals surface area (Å²) in [6, 6.07) is 28.1. The number of rotatable bonds is 2. The number of nitrogens with zero attached hydrogens (tertiary/aromatic N) is 2. The Bertz CT molecular complexity index is 1410. The average molecular weight is 376 g/mol. The highest BCUT2D eigenvalue weighted by Gasteiger charge is 2.27. The van der Waals surface area contributed by atoms with Gasteiger partial charge in [0.1, 0.15) is 5.69 Å². The third-order valence-electron chi connectivity index (χ3n) is 5.91. The summed E-state index contributed by atoms with van der Waals surface area (Å²) in [5, 5.41) is 14.3. The van der Waals surface area contributed by atoms with Gasteiger partial charge in [-0.25, -0.2) is 0 Å². The first-order valence-electron chi connectivity index (χ1n) is 9.60. The lowest BCUT2D eigenvalue weighted by molar-refractivity contribution is -0.384. The van der Waals surface area contributed by atoms with E-state index in [1.54, 1.807) is 6.07 Å². The highest BCUT2D eigenvalue weighted by atomic mass is 16.6. The molecule has 4 nitrogen and oxygen atoms in total. The minimum absolute atomic E-state index is 0.131. The highest BCUT2D eigenvalue weighted by Crippen LogP contribution is 2.43. The van der Waals surface area contributed by atoms with Crippen LogP contribution in [0.1, 0.15) is 11.1 Å². The van der Waals surface area contributed by atoms with Crippen LogP contribution in [-0.4, -0.2) is 9.49 Å². The Morgan fingerprint density at radius 3 is 2.03 bits per heavy atom. The van der Waals surface area contributed by atoms with E-state index < -0.39 is 0 Å². The zero-order valence-corrected chi connectivity index (χ0v) is 15.5. The fraction of sp³-hybridized carbons (Fsp3) is 0.0400. The summed E-state index contributed by atoms with van der Waals surface area (Å²) in [6.45, 7) is 0. The van der Waals surface area contributed by atoms with E-state index in [9.17, 15) is 10.1 Å². The van der Waals surface area contributed by atoms with Crippen LogP contribution in [0.3, 0.4) is 0 Å². The third kappa shape index (κ3) is 2.20. The van der Waals surface area contributed by atoms with Crippen molar-refractivity contribution in [3.63, 3.8) is 0 Å². The molecular formula is C25H16N2O2. The smallest absolute Gasteiger partial charge is 0.293 e. The van der Waals surface area contributed by atoms with Crippen molar-refractivity contribution < 1.29 is 4.92 Å². The fourth-order valence-corrected chi connectivity index (χ4v) is 4.67. The van der Waals surface area contributed by atoms with Crippen molar-refractivity contribution in [2.24, 2.45) is 0 Å². The minimum Gasteiger partial charge on any atom is -0.303 e. The number of benzene rings is 4. The van der Waals surface area contributed by atoms with Crippen molar-refractivity contribution in [1.29, 1.82) is 0 Å². The Labute approximate surface area is 166 Å². The second kappa shape index (κ2) is 5.79. The van der Waals surface area contributed by atoms with Gasteiger partial charge in [-0.2, -0.15) is 0 Å². The SMILES string of the molecule is O=[N+]([O-])c1cc2c(cc1-n1c3ccccc3c3ccccc31)Cc1ccccc1-2. The molecule has 0 saturated heterocycles. The number of nitro groups is 1. The molecule has 4 heteroatoms. The summed E-state index contributed by atoms with van der Waals surface area (Å²) in [5.41, 5.74) is 7.13. The maximum Gasteiger partial charge on any atom is 0.293 e. The van der Waals surface area contributed by atoms with E-state index in [0.717, 1.165) is 44.9 Å². The summed E-state index contributed by atoms with van der Waals surface area (Å²) in [5.74, 6) is 0. The van der Waals surface area contributed by atoms with Gasteiger partial charge in [-0.15, -0.1) is 0 Å². The largest absolute Gasteiger partial charge is 0.303 e. The molecule has 1 aliphatic rings. The number of hydrogen-bond acceptors (Lipinski definition) is 2. The summed E-state index contributed by atoms with van der Waals surface area (Å²) in [7, 11) is 0. The van der Waals surface area contributed by atoms with Crippen molar-refractivity contribution in [1.82, 2.24) is 4.57 Å². The Morgan fingerprint density at radius 1 is 0.724 bits per heavy atom. The second-order valence-electron chi connectivity index (χ2n) is 7.46. The van der Waals surface area contributed by atoms with Gasteiger partial charge in [-0.3, -0.25) is 10.1 Å². The molecule has 0 atom stereocenters. The third-order valence-corrected chi connectivity index (χ3v) is 5.91. The molecule has 29 heavy (non-hydrogen) atoms. The van der Waals surface area contributed by atoms with Crippen LogP contribution in [0, 0.1) is 10.1 Å². The molecule has 1 heterocycles. The first kappa shape index (κ1) is 16.1. The Balaban J connectivity index is 1.72. The number of nitro benzene ring substituents is 1. The molecule has 0 saturated carbocycles. The molecule has 0 fully saturated rings. The van der Waals surface area contributed by atoms with E-state index in [-0.39, 0.29) is 10.6 Å². The number of para-hydroxylation sites is 2. The normalized spacial score (nSPS) is 12.3. The van der Waals surface area contributed by atoms with Crippen LogP contribution in [0.4, 0.5) is 5.69 Å². The van der Waals surface area contributed by atoms with E-state index in [1.165, 1.54) is 5.56 Å². The minimum atomic E-state index is -0.264. The van der Waals surface area contributed by atoms with Gasteiger partial charge in [0.2, 0.25) is 0 Å². The molecule has 1 aliphatic carbocycles. The molecule has 1 aromatic heterocycles. The molecule has 5 aromatic rings. The molecule has 6 rings (SSSR count). The summed E-state index contributed by atoms with van der Waals surface area (Å²) in [4.78, 5) is 11.8. The van der Waals surface area contributed by atoms with Gasteiger partial charge in [-0.1, -0.05) is 60.7 Å². The van der Waals surface area contributed by atoms with E-state index >= 15 is 0 Å². The lowest BCUT2D eigenvalue weighted by atomic mass is 10.0. The first-order chi connectivity index (χ1) is 14.2. The summed E-state index contributed by atoms with van der Waals surface area (Å²) in [6.07, 6.45) is 0.799. The van der Waals surface area contributed by atoms with Gasteiger partial charge in [0.25, 0.3) is 5.69 Å². The Morgan fingerprint density at radius 2 is 1.34 bits per heavy atom. The molecular weight excluding hydrogens is 360 g/mol. The van der Waals surface area contributed by atoms with Crippen molar-refractivity contribution in [2.75, 3.05) is 0 Å². The fourth-order valence-electron chi connectivity index (χ4n) is 4.67. The molecule has 0 N–H and O–H groups in total. The van der Waals surface area contributed by atoms with Gasteiger partial charge in [-0.05, 0) is 46.9 Å². The van der Waals surface area contributed by atoms with Gasteiger partial charge in [0.05, 0.1) is 16.0 Å². The van der Waals surface area contributed by atoms with Crippen LogP contribution in [-0.2, 0) is 6.42 Å². The predicted molar refractivity (Wildman–Crippen MR) is 116 cm³/mol. The van der Waals surface area contributed by atoms with Crippen molar-refractivity contribution in [2.45, 2.75) is 6.42 Å². The van der Waals surface area contributed by atoms with E-state index in [0.29, 0.717) is 5.69 Å². The Kier molecular flexibility index (Phi) is 3.21. The second-order valence-corrected chi connectivity index (χ2v) is 7.46. The van der Waals surface area contributed by atoms with Crippen LogP contribution < -0.4 is 0 Å². The maximum atomic E-state index is 12.1. The van der Waals surface area contributed by atoms with Crippen molar-refractivity contribution >= 4 is 27.5 Å². The van der Waals surface area contributed by atoms with Gasteiger partial charge in [0, 0.05) is 16.8 Å². The molecule has 4 aromatic carbocycles.